The van der Waals surface area contributed by atoms with Gasteiger partial charge in [0, 0.05) is 5.60 Å². The van der Waals surface area contributed by atoms with E-state index < -0.39 is 8.32 Å². The van der Waals surface area contributed by atoms with Crippen molar-refractivity contribution in [1.29, 1.82) is 0 Å². The average molecular weight is 399 g/mol. The number of hydrogen-bond acceptors (Lipinski definition) is 3. The first-order valence-electron chi connectivity index (χ1n) is 10.7. The standard InChI is InChI=1S/C21H42O3Si2/c1-9-17(4)26(18(5)10-2,19-13-11-12-14-19)23-20(22)16(3)15-25-24-21(6,7)8/h16-19H,9-15H2,1-8H3. The molecule has 0 bridgehead atoms. The summed E-state index contributed by atoms with van der Waals surface area (Å²) < 4.78 is 12.5. The summed E-state index contributed by atoms with van der Waals surface area (Å²) in [5.41, 5.74) is 1.57. The zero-order valence-electron chi connectivity index (χ0n) is 18.5. The quantitative estimate of drug-likeness (QED) is 0.393. The van der Waals surface area contributed by atoms with Crippen LogP contribution in [0.25, 0.3) is 0 Å². The van der Waals surface area contributed by atoms with Gasteiger partial charge in [-0.2, -0.15) is 0 Å². The fourth-order valence-corrected chi connectivity index (χ4v) is 11.6. The third kappa shape index (κ3) is 6.20. The van der Waals surface area contributed by atoms with Gasteiger partial charge >= 0.3 is 0 Å². The molecule has 152 valence electrons. The summed E-state index contributed by atoms with van der Waals surface area (Å²) in [5.74, 6) is -0.0359. The van der Waals surface area contributed by atoms with Crippen LogP contribution in [0.15, 0.2) is 0 Å². The lowest BCUT2D eigenvalue weighted by Gasteiger charge is -2.45. The van der Waals surface area contributed by atoms with Gasteiger partial charge in [0.1, 0.15) is 0 Å². The Balaban J connectivity index is 2.91. The molecule has 0 saturated heterocycles. The van der Waals surface area contributed by atoms with E-state index in [9.17, 15) is 4.79 Å². The minimum Gasteiger partial charge on any atom is -0.518 e. The van der Waals surface area contributed by atoms with Gasteiger partial charge in [-0.15, -0.1) is 0 Å². The van der Waals surface area contributed by atoms with E-state index in [1.165, 1.54) is 25.7 Å². The van der Waals surface area contributed by atoms with Crippen LogP contribution in [0, 0.1) is 5.92 Å². The van der Waals surface area contributed by atoms with Crippen molar-refractivity contribution in [1.82, 2.24) is 0 Å². The van der Waals surface area contributed by atoms with Gasteiger partial charge in [-0.3, -0.25) is 4.79 Å². The van der Waals surface area contributed by atoms with Gasteiger partial charge in [-0.1, -0.05) is 60.3 Å². The molecule has 1 saturated carbocycles. The number of hydrogen-bond donors (Lipinski definition) is 0. The highest BCUT2D eigenvalue weighted by Crippen LogP contribution is 2.52. The van der Waals surface area contributed by atoms with Crippen LogP contribution in [0.3, 0.4) is 0 Å². The highest BCUT2D eigenvalue weighted by molar-refractivity contribution is 6.79. The van der Waals surface area contributed by atoms with Gasteiger partial charge in [-0.25, -0.2) is 0 Å². The van der Waals surface area contributed by atoms with Crippen LogP contribution in [0.1, 0.15) is 93.9 Å². The van der Waals surface area contributed by atoms with E-state index >= 15 is 0 Å². The maximum absolute atomic E-state index is 13.1. The van der Waals surface area contributed by atoms with E-state index in [2.05, 4.69) is 48.5 Å². The molecule has 5 heteroatoms. The Bertz CT molecular complexity index is 417. The smallest absolute Gasteiger partial charge is 0.295 e. The van der Waals surface area contributed by atoms with Crippen LogP contribution in [0.4, 0.5) is 0 Å². The molecule has 1 rings (SSSR count). The maximum atomic E-state index is 13.1. The molecular formula is C21H42O3Si2. The molecule has 0 amide bonds. The van der Waals surface area contributed by atoms with E-state index in [0.29, 0.717) is 26.4 Å². The molecule has 0 N–H and O–H groups in total. The van der Waals surface area contributed by atoms with Crippen molar-refractivity contribution in [3.8, 4) is 0 Å². The zero-order valence-corrected chi connectivity index (χ0v) is 20.5. The maximum Gasteiger partial charge on any atom is 0.295 e. The zero-order chi connectivity index (χ0) is 20.0. The van der Waals surface area contributed by atoms with Gasteiger partial charge in [0.2, 0.25) is 9.76 Å². The summed E-state index contributed by atoms with van der Waals surface area (Å²) in [6, 6.07) is 0.770. The summed E-state index contributed by atoms with van der Waals surface area (Å²) in [6.45, 7) is 17.4. The van der Waals surface area contributed by atoms with Gasteiger partial charge in [0.05, 0.1) is 5.92 Å². The topological polar surface area (TPSA) is 35.5 Å². The Morgan fingerprint density at radius 2 is 1.58 bits per heavy atom. The van der Waals surface area contributed by atoms with Crippen molar-refractivity contribution in [2.24, 2.45) is 5.92 Å². The normalized spacial score (nSPS) is 21.8. The molecule has 0 aromatic rings. The molecule has 0 heterocycles. The second-order valence-corrected chi connectivity index (χ2v) is 14.9. The summed E-state index contributed by atoms with van der Waals surface area (Å²) in [6.07, 6.45) is 7.36. The molecule has 26 heavy (non-hydrogen) atoms. The molecule has 1 aliphatic rings. The van der Waals surface area contributed by atoms with Gasteiger partial charge in [-0.05, 0) is 56.3 Å². The Morgan fingerprint density at radius 1 is 1.08 bits per heavy atom. The molecule has 2 radical (unpaired) electrons. The Hall–Kier alpha value is -0.136. The first kappa shape index (κ1) is 23.9. The van der Waals surface area contributed by atoms with Crippen molar-refractivity contribution in [3.63, 3.8) is 0 Å². The highest BCUT2D eigenvalue weighted by atomic mass is 28.4. The molecule has 0 aliphatic heterocycles. The lowest BCUT2D eigenvalue weighted by Crippen LogP contribution is -2.52. The van der Waals surface area contributed by atoms with Crippen LogP contribution in [0.5, 0.6) is 0 Å². The Morgan fingerprint density at radius 3 is 2.00 bits per heavy atom. The minimum absolute atomic E-state index is 0.0363. The van der Waals surface area contributed by atoms with Crippen LogP contribution < -0.4 is 0 Å². The van der Waals surface area contributed by atoms with Crippen LogP contribution in [-0.4, -0.2) is 29.7 Å². The summed E-state index contributed by atoms with van der Waals surface area (Å²) in [4.78, 5) is 13.1. The van der Waals surface area contributed by atoms with Gasteiger partial charge in [0.25, 0.3) is 14.3 Å². The molecule has 3 atom stereocenters. The second-order valence-electron chi connectivity index (χ2n) is 9.34. The lowest BCUT2D eigenvalue weighted by molar-refractivity contribution is -0.139. The molecular weight excluding hydrogens is 356 g/mol. The van der Waals surface area contributed by atoms with E-state index in [-0.39, 0.29) is 17.5 Å². The van der Waals surface area contributed by atoms with E-state index in [1.807, 2.05) is 6.92 Å². The Labute approximate surface area is 166 Å². The predicted molar refractivity (Wildman–Crippen MR) is 114 cm³/mol. The van der Waals surface area contributed by atoms with Crippen LogP contribution in [0.2, 0.25) is 22.7 Å². The van der Waals surface area contributed by atoms with Crippen LogP contribution >= 0.6 is 0 Å². The minimum atomic E-state index is -2.16. The first-order chi connectivity index (χ1) is 12.1. The summed E-state index contributed by atoms with van der Waals surface area (Å²) >= 11 is 0. The largest absolute Gasteiger partial charge is 0.518 e. The van der Waals surface area contributed by atoms with E-state index in [1.54, 1.807) is 0 Å². The van der Waals surface area contributed by atoms with Crippen molar-refractivity contribution < 1.29 is 13.6 Å². The molecule has 3 nitrogen and oxygen atoms in total. The molecule has 1 fully saturated rings. The average Bonchev–Trinajstić information content (AvgIpc) is 3.11. The van der Waals surface area contributed by atoms with Crippen molar-refractivity contribution in [3.05, 3.63) is 0 Å². The van der Waals surface area contributed by atoms with Crippen molar-refractivity contribution >= 4 is 24.0 Å². The molecule has 1 aliphatic carbocycles. The van der Waals surface area contributed by atoms with Crippen LogP contribution in [-0.2, 0) is 13.6 Å². The van der Waals surface area contributed by atoms with E-state index in [0.717, 1.165) is 18.9 Å². The number of rotatable bonds is 10. The third-order valence-electron chi connectivity index (χ3n) is 6.21. The van der Waals surface area contributed by atoms with Crippen molar-refractivity contribution in [2.75, 3.05) is 0 Å². The highest BCUT2D eigenvalue weighted by Gasteiger charge is 2.54. The second kappa shape index (κ2) is 10.4. The molecule has 0 spiro atoms. The fourth-order valence-electron chi connectivity index (χ4n) is 4.33. The van der Waals surface area contributed by atoms with E-state index in [4.69, 9.17) is 8.85 Å². The van der Waals surface area contributed by atoms with Gasteiger partial charge < -0.3 is 8.85 Å². The predicted octanol–water partition coefficient (Wildman–Crippen LogP) is 6.51. The molecule has 0 aromatic carbocycles. The third-order valence-corrected chi connectivity index (χ3v) is 14.0. The molecule has 0 aromatic heterocycles. The van der Waals surface area contributed by atoms with Crippen molar-refractivity contribution in [2.45, 2.75) is 122 Å². The summed E-state index contributed by atoms with van der Waals surface area (Å²) in [5, 5.41) is 0. The lowest BCUT2D eigenvalue weighted by atomic mass is 10.2. The fraction of sp³-hybridized carbons (Fsp3) is 0.952. The summed E-state index contributed by atoms with van der Waals surface area (Å²) in [7, 11) is -1.80. The Kier molecular flexibility index (Phi) is 9.58. The van der Waals surface area contributed by atoms with Gasteiger partial charge in [0.15, 0.2) is 0 Å². The first-order valence-corrected chi connectivity index (χ1v) is 14.0. The number of carbonyl (C=O) groups excluding carboxylic acids is 1. The monoisotopic (exact) mass is 398 g/mol. The SMILES string of the molecule is CCC(C)[Si](OC(=O)C(C)C[Si]OC(C)(C)C)(C(C)CC)C1CCCC1. The molecule has 3 unspecified atom stereocenters. The number of carbonyl (C=O) groups is 1.